The Hall–Kier alpha value is -0.870. The third kappa shape index (κ3) is 8.01. The van der Waals surface area contributed by atoms with Gasteiger partial charge in [-0.05, 0) is 33.1 Å². The smallest absolute Gasteiger partial charge is 0.0662 e. The zero-order valence-electron chi connectivity index (χ0n) is 13.1. The molecule has 1 aromatic rings. The maximum atomic E-state index is 5.60. The molecule has 1 rings (SSSR count). The van der Waals surface area contributed by atoms with Gasteiger partial charge in [0.2, 0.25) is 0 Å². The van der Waals surface area contributed by atoms with Crippen molar-refractivity contribution in [3.63, 3.8) is 0 Å². The second kappa shape index (κ2) is 7.65. The Bertz CT molecular complexity index is 353. The van der Waals surface area contributed by atoms with Gasteiger partial charge >= 0.3 is 0 Å². The number of rotatable bonds is 8. The predicted octanol–water partition coefficient (Wildman–Crippen LogP) is 2.83. The van der Waals surface area contributed by atoms with Gasteiger partial charge in [-0.3, -0.25) is 4.68 Å². The van der Waals surface area contributed by atoms with Crippen LogP contribution in [0.5, 0.6) is 0 Å². The van der Waals surface area contributed by atoms with Gasteiger partial charge in [0.1, 0.15) is 0 Å². The van der Waals surface area contributed by atoms with Gasteiger partial charge in [-0.25, -0.2) is 0 Å². The van der Waals surface area contributed by atoms with E-state index >= 15 is 0 Å². The Labute approximate surface area is 117 Å². The first-order chi connectivity index (χ1) is 8.87. The minimum atomic E-state index is 0.141. The Morgan fingerprint density at radius 2 is 2.05 bits per heavy atom. The van der Waals surface area contributed by atoms with Gasteiger partial charge in [-0.2, -0.15) is 5.10 Å². The minimum absolute atomic E-state index is 0.141. The molecule has 0 fully saturated rings. The number of aromatic nitrogens is 2. The van der Waals surface area contributed by atoms with E-state index in [0.29, 0.717) is 5.92 Å². The normalized spacial score (nSPS) is 12.3. The second-order valence-electron chi connectivity index (χ2n) is 6.51. The number of nitrogens with zero attached hydrogens (tertiary/aromatic N) is 2. The van der Waals surface area contributed by atoms with Crippen molar-refractivity contribution < 1.29 is 4.74 Å². The third-order valence-electron chi connectivity index (χ3n) is 2.81. The van der Waals surface area contributed by atoms with Crippen LogP contribution in [0.15, 0.2) is 12.4 Å². The Morgan fingerprint density at radius 1 is 1.32 bits per heavy atom. The molecule has 19 heavy (non-hydrogen) atoms. The summed E-state index contributed by atoms with van der Waals surface area (Å²) in [5.74, 6) is 0.708. The first kappa shape index (κ1) is 16.2. The monoisotopic (exact) mass is 267 g/mol. The van der Waals surface area contributed by atoms with Crippen LogP contribution in [0.25, 0.3) is 0 Å². The summed E-state index contributed by atoms with van der Waals surface area (Å²) in [5, 5.41) is 7.80. The van der Waals surface area contributed by atoms with Gasteiger partial charge in [0.05, 0.1) is 19.3 Å². The maximum Gasteiger partial charge on any atom is 0.0662 e. The van der Waals surface area contributed by atoms with E-state index in [-0.39, 0.29) is 5.54 Å². The molecule has 4 heteroatoms. The lowest BCUT2D eigenvalue weighted by Gasteiger charge is -2.19. The van der Waals surface area contributed by atoms with Crippen LogP contribution in [0.1, 0.15) is 46.6 Å². The van der Waals surface area contributed by atoms with Crippen LogP contribution in [-0.2, 0) is 17.8 Å². The van der Waals surface area contributed by atoms with Crippen molar-refractivity contribution in [1.29, 1.82) is 0 Å². The molecule has 0 aliphatic rings. The summed E-state index contributed by atoms with van der Waals surface area (Å²) >= 11 is 0. The molecule has 0 aliphatic carbocycles. The highest BCUT2D eigenvalue weighted by Gasteiger charge is 2.09. The second-order valence-corrected chi connectivity index (χ2v) is 6.51. The highest BCUT2D eigenvalue weighted by molar-refractivity contribution is 5.03. The quantitative estimate of drug-likeness (QED) is 0.736. The van der Waals surface area contributed by atoms with Crippen molar-refractivity contribution >= 4 is 0 Å². The fourth-order valence-electron chi connectivity index (χ4n) is 1.57. The molecule has 1 heterocycles. The molecular weight excluding hydrogens is 238 g/mol. The molecular formula is C15H29N3O. The van der Waals surface area contributed by atoms with Crippen molar-refractivity contribution in [3.8, 4) is 0 Å². The van der Waals surface area contributed by atoms with E-state index < -0.39 is 0 Å². The minimum Gasteiger partial charge on any atom is -0.380 e. The lowest BCUT2D eigenvalue weighted by atomic mass is 10.1. The SMILES string of the molecule is CC(C)CCOCCn1cc(CNC(C)(C)C)cn1. The van der Waals surface area contributed by atoms with Gasteiger partial charge < -0.3 is 10.1 Å². The van der Waals surface area contributed by atoms with Crippen LogP contribution >= 0.6 is 0 Å². The topological polar surface area (TPSA) is 39.1 Å². The number of ether oxygens (including phenoxy) is 1. The van der Waals surface area contributed by atoms with Crippen molar-refractivity contribution in [3.05, 3.63) is 18.0 Å². The molecule has 0 bridgehead atoms. The number of hydrogen-bond donors (Lipinski definition) is 1. The number of nitrogens with one attached hydrogen (secondary N) is 1. The Kier molecular flexibility index (Phi) is 6.52. The van der Waals surface area contributed by atoms with Gasteiger partial charge in [-0.1, -0.05) is 13.8 Å². The lowest BCUT2D eigenvalue weighted by Crippen LogP contribution is -2.34. The summed E-state index contributed by atoms with van der Waals surface area (Å²) in [6.07, 6.45) is 5.14. The van der Waals surface area contributed by atoms with Crippen LogP contribution in [0.4, 0.5) is 0 Å². The Morgan fingerprint density at radius 3 is 2.68 bits per heavy atom. The molecule has 0 atom stereocenters. The largest absolute Gasteiger partial charge is 0.380 e. The zero-order chi connectivity index (χ0) is 14.3. The van der Waals surface area contributed by atoms with Crippen molar-refractivity contribution in [2.45, 2.75) is 59.7 Å². The van der Waals surface area contributed by atoms with E-state index in [0.717, 1.165) is 32.7 Å². The predicted molar refractivity (Wildman–Crippen MR) is 79.1 cm³/mol. The Balaban J connectivity index is 2.20. The van der Waals surface area contributed by atoms with Crippen LogP contribution in [0.3, 0.4) is 0 Å². The van der Waals surface area contributed by atoms with E-state index in [1.165, 1.54) is 5.56 Å². The van der Waals surface area contributed by atoms with Crippen molar-refractivity contribution in [2.75, 3.05) is 13.2 Å². The average Bonchev–Trinajstić information content (AvgIpc) is 2.72. The molecule has 4 nitrogen and oxygen atoms in total. The summed E-state index contributed by atoms with van der Waals surface area (Å²) in [5.41, 5.74) is 1.36. The fraction of sp³-hybridized carbons (Fsp3) is 0.800. The van der Waals surface area contributed by atoms with Crippen molar-refractivity contribution in [1.82, 2.24) is 15.1 Å². The first-order valence-corrected chi connectivity index (χ1v) is 7.21. The van der Waals surface area contributed by atoms with E-state index in [4.69, 9.17) is 4.74 Å². The zero-order valence-corrected chi connectivity index (χ0v) is 13.1. The molecule has 1 aromatic heterocycles. The summed E-state index contributed by atoms with van der Waals surface area (Å²) in [7, 11) is 0. The van der Waals surface area contributed by atoms with Crippen molar-refractivity contribution in [2.24, 2.45) is 5.92 Å². The molecule has 0 saturated carbocycles. The molecule has 0 spiro atoms. The molecule has 0 unspecified atom stereocenters. The molecule has 0 aliphatic heterocycles. The van der Waals surface area contributed by atoms with Gasteiger partial charge in [0.25, 0.3) is 0 Å². The van der Waals surface area contributed by atoms with E-state index in [1.54, 1.807) is 0 Å². The van der Waals surface area contributed by atoms with E-state index in [1.807, 2.05) is 10.9 Å². The molecule has 110 valence electrons. The van der Waals surface area contributed by atoms with E-state index in [2.05, 4.69) is 51.2 Å². The maximum absolute atomic E-state index is 5.60. The summed E-state index contributed by atoms with van der Waals surface area (Å²) in [4.78, 5) is 0. The molecule has 1 N–H and O–H groups in total. The third-order valence-corrected chi connectivity index (χ3v) is 2.81. The van der Waals surface area contributed by atoms with Gasteiger partial charge in [-0.15, -0.1) is 0 Å². The van der Waals surface area contributed by atoms with Crippen LogP contribution in [0.2, 0.25) is 0 Å². The summed E-state index contributed by atoms with van der Waals surface area (Å²) < 4.78 is 7.55. The van der Waals surface area contributed by atoms with Crippen LogP contribution in [-0.4, -0.2) is 28.5 Å². The average molecular weight is 267 g/mol. The van der Waals surface area contributed by atoms with Gasteiger partial charge in [0, 0.05) is 30.5 Å². The van der Waals surface area contributed by atoms with E-state index in [9.17, 15) is 0 Å². The molecule has 0 saturated heterocycles. The summed E-state index contributed by atoms with van der Waals surface area (Å²) in [6.45, 7) is 14.2. The van der Waals surface area contributed by atoms with Gasteiger partial charge in [0.15, 0.2) is 0 Å². The highest BCUT2D eigenvalue weighted by Crippen LogP contribution is 2.04. The summed E-state index contributed by atoms with van der Waals surface area (Å²) in [6, 6.07) is 0. The highest BCUT2D eigenvalue weighted by atomic mass is 16.5. The van der Waals surface area contributed by atoms with Crippen LogP contribution in [0, 0.1) is 5.92 Å². The molecule has 0 amide bonds. The number of hydrogen-bond acceptors (Lipinski definition) is 3. The standard InChI is InChI=1S/C15H29N3O/c1-13(2)6-8-19-9-7-18-12-14(11-17-18)10-16-15(3,4)5/h11-13,16H,6-10H2,1-5H3. The first-order valence-electron chi connectivity index (χ1n) is 7.21. The van der Waals surface area contributed by atoms with Crippen LogP contribution < -0.4 is 5.32 Å². The lowest BCUT2D eigenvalue weighted by molar-refractivity contribution is 0.114. The fourth-order valence-corrected chi connectivity index (χ4v) is 1.57. The molecule has 0 radical (unpaired) electrons. The molecule has 0 aromatic carbocycles.